The lowest BCUT2D eigenvalue weighted by Crippen LogP contribution is -2.62. The smallest absolute Gasteiger partial charge is 0.359 e. The van der Waals surface area contributed by atoms with Gasteiger partial charge in [-0.15, -0.1) is 0 Å². The minimum atomic E-state index is -1.38. The number of carboxylic acid groups (broad SMARTS) is 2. The SMILES string of the molecule is COC1OC(C(=O)O)C(OC)C(O)C1OCC[N+](C)(C)CC(=O)O. The maximum Gasteiger partial charge on any atom is 0.359 e. The molecule has 3 N–H and O–H groups in total. The summed E-state index contributed by atoms with van der Waals surface area (Å²) in [5.74, 6) is -2.21. The van der Waals surface area contributed by atoms with Gasteiger partial charge in [-0.2, -0.15) is 0 Å². The molecule has 0 amide bonds. The van der Waals surface area contributed by atoms with Crippen molar-refractivity contribution in [2.45, 2.75) is 30.7 Å². The number of aliphatic carboxylic acids is 2. The number of rotatable bonds is 9. The molecule has 1 rings (SSSR count). The van der Waals surface area contributed by atoms with Gasteiger partial charge in [0.05, 0.1) is 20.7 Å². The first kappa shape index (κ1) is 20.7. The monoisotopic (exact) mass is 352 g/mol. The summed E-state index contributed by atoms with van der Waals surface area (Å²) >= 11 is 0. The molecule has 140 valence electrons. The van der Waals surface area contributed by atoms with Crippen molar-refractivity contribution >= 4 is 11.9 Å². The first-order chi connectivity index (χ1) is 11.1. The third-order valence-electron chi connectivity index (χ3n) is 3.84. The Balaban J connectivity index is 2.71. The van der Waals surface area contributed by atoms with Gasteiger partial charge < -0.3 is 38.8 Å². The predicted molar refractivity (Wildman–Crippen MR) is 79.3 cm³/mol. The summed E-state index contributed by atoms with van der Waals surface area (Å²) in [5, 5.41) is 28.4. The van der Waals surface area contributed by atoms with Gasteiger partial charge in [0.1, 0.15) is 24.9 Å². The van der Waals surface area contributed by atoms with Crippen LogP contribution >= 0.6 is 0 Å². The Kier molecular flexibility index (Phi) is 7.52. The van der Waals surface area contributed by atoms with E-state index in [1.54, 1.807) is 14.1 Å². The Morgan fingerprint density at radius 2 is 1.75 bits per heavy atom. The summed E-state index contributed by atoms with van der Waals surface area (Å²) < 4.78 is 21.2. The van der Waals surface area contributed by atoms with E-state index in [4.69, 9.17) is 29.2 Å². The quantitative estimate of drug-likeness (QED) is 0.418. The van der Waals surface area contributed by atoms with Gasteiger partial charge in [0.15, 0.2) is 18.9 Å². The third kappa shape index (κ3) is 5.36. The van der Waals surface area contributed by atoms with Crippen molar-refractivity contribution in [2.24, 2.45) is 0 Å². The van der Waals surface area contributed by atoms with E-state index in [-0.39, 0.29) is 17.6 Å². The highest BCUT2D eigenvalue weighted by Crippen LogP contribution is 2.26. The fourth-order valence-corrected chi connectivity index (χ4v) is 2.54. The van der Waals surface area contributed by atoms with Crippen LogP contribution in [0.25, 0.3) is 0 Å². The summed E-state index contributed by atoms with van der Waals surface area (Å²) in [5.41, 5.74) is 0. The number of aliphatic hydroxyl groups excluding tert-OH is 1. The van der Waals surface area contributed by atoms with Crippen molar-refractivity contribution in [1.82, 2.24) is 0 Å². The highest BCUT2D eigenvalue weighted by Gasteiger charge is 2.49. The van der Waals surface area contributed by atoms with Gasteiger partial charge in [0.25, 0.3) is 0 Å². The molecule has 0 aliphatic carbocycles. The molecule has 1 fully saturated rings. The number of hydrogen-bond donors (Lipinski definition) is 3. The van der Waals surface area contributed by atoms with Gasteiger partial charge >= 0.3 is 11.9 Å². The normalized spacial score (nSPS) is 31.0. The number of aliphatic hydroxyl groups is 1. The molecule has 10 nitrogen and oxygen atoms in total. The molecule has 1 saturated heterocycles. The Labute approximate surface area is 140 Å². The minimum absolute atomic E-state index is 0.0808. The highest BCUT2D eigenvalue weighted by molar-refractivity contribution is 5.73. The molecule has 24 heavy (non-hydrogen) atoms. The van der Waals surface area contributed by atoms with Crippen LogP contribution in [0, 0.1) is 0 Å². The minimum Gasteiger partial charge on any atom is -0.479 e. The summed E-state index contributed by atoms with van der Waals surface area (Å²) in [6.07, 6.45) is -5.80. The van der Waals surface area contributed by atoms with Crippen LogP contribution < -0.4 is 0 Å². The molecule has 5 unspecified atom stereocenters. The van der Waals surface area contributed by atoms with Crippen LogP contribution in [0.5, 0.6) is 0 Å². The Bertz CT molecular complexity index is 442. The van der Waals surface area contributed by atoms with E-state index < -0.39 is 42.6 Å². The van der Waals surface area contributed by atoms with Crippen LogP contribution in [0.15, 0.2) is 0 Å². The lowest BCUT2D eigenvalue weighted by Gasteiger charge is -2.41. The van der Waals surface area contributed by atoms with Crippen molar-refractivity contribution < 1.29 is 48.3 Å². The fraction of sp³-hybridized carbons (Fsp3) is 0.857. The number of quaternary nitrogens is 1. The summed E-state index contributed by atoms with van der Waals surface area (Å²) in [6, 6.07) is 0. The second-order valence-corrected chi connectivity index (χ2v) is 6.24. The second kappa shape index (κ2) is 8.70. The molecule has 1 heterocycles. The van der Waals surface area contributed by atoms with Crippen LogP contribution in [-0.2, 0) is 28.5 Å². The topological polar surface area (TPSA) is 132 Å². The van der Waals surface area contributed by atoms with E-state index >= 15 is 0 Å². The molecule has 0 bridgehead atoms. The summed E-state index contributed by atoms with van der Waals surface area (Å²) in [4.78, 5) is 22.0. The number of carbonyl (C=O) groups is 2. The van der Waals surface area contributed by atoms with Crippen LogP contribution in [0.2, 0.25) is 0 Å². The van der Waals surface area contributed by atoms with E-state index in [9.17, 15) is 14.7 Å². The first-order valence-electron chi connectivity index (χ1n) is 7.40. The average molecular weight is 352 g/mol. The number of nitrogens with zero attached hydrogens (tertiary/aromatic N) is 1. The number of likely N-dealkylation sites (N-methyl/N-ethyl adjacent to an activating group) is 1. The van der Waals surface area contributed by atoms with Gasteiger partial charge in [0.2, 0.25) is 0 Å². The van der Waals surface area contributed by atoms with Gasteiger partial charge in [-0.3, -0.25) is 0 Å². The zero-order chi connectivity index (χ0) is 18.5. The molecule has 0 radical (unpaired) electrons. The van der Waals surface area contributed by atoms with E-state index in [2.05, 4.69) is 0 Å². The van der Waals surface area contributed by atoms with Crippen LogP contribution in [0.4, 0.5) is 0 Å². The predicted octanol–water partition coefficient (Wildman–Crippen LogP) is -1.64. The largest absolute Gasteiger partial charge is 0.479 e. The Morgan fingerprint density at radius 1 is 1.12 bits per heavy atom. The lowest BCUT2D eigenvalue weighted by atomic mass is 9.98. The van der Waals surface area contributed by atoms with E-state index in [1.165, 1.54) is 14.2 Å². The molecule has 10 heteroatoms. The summed E-state index contributed by atoms with van der Waals surface area (Å²) in [7, 11) is 6.05. The first-order valence-corrected chi connectivity index (χ1v) is 7.40. The van der Waals surface area contributed by atoms with Gasteiger partial charge in [-0.1, -0.05) is 0 Å². The van der Waals surface area contributed by atoms with Crippen molar-refractivity contribution in [2.75, 3.05) is 48.0 Å². The van der Waals surface area contributed by atoms with Gasteiger partial charge in [-0.25, -0.2) is 9.59 Å². The zero-order valence-electron chi connectivity index (χ0n) is 14.2. The standard InChI is InChI=1S/C14H25NO9/c1-15(2,7-8(16)17)5-6-23-11-9(18)10(21-3)12(13(19)20)24-14(11)22-4/h9-12,14,18H,5-7H2,1-4H3,(H-,16,17,19,20)/p+1. The van der Waals surface area contributed by atoms with E-state index in [0.717, 1.165) is 0 Å². The highest BCUT2D eigenvalue weighted by atomic mass is 16.7. The van der Waals surface area contributed by atoms with Crippen LogP contribution in [0.1, 0.15) is 0 Å². The Hall–Kier alpha value is -1.30. The number of carboxylic acids is 2. The Morgan fingerprint density at radius 3 is 2.21 bits per heavy atom. The van der Waals surface area contributed by atoms with Crippen molar-refractivity contribution in [3.8, 4) is 0 Å². The molecule has 0 saturated carbocycles. The van der Waals surface area contributed by atoms with Gasteiger partial charge in [-0.05, 0) is 0 Å². The summed E-state index contributed by atoms with van der Waals surface area (Å²) in [6.45, 7) is 0.411. The fourth-order valence-electron chi connectivity index (χ4n) is 2.54. The third-order valence-corrected chi connectivity index (χ3v) is 3.84. The molecule has 0 aromatic rings. The second-order valence-electron chi connectivity index (χ2n) is 6.24. The zero-order valence-corrected chi connectivity index (χ0v) is 14.2. The molecule has 5 atom stereocenters. The van der Waals surface area contributed by atoms with E-state index in [0.29, 0.717) is 6.54 Å². The maximum absolute atomic E-state index is 11.2. The number of ether oxygens (including phenoxy) is 4. The molecular formula is C14H26NO9+. The molecule has 1 aliphatic heterocycles. The van der Waals surface area contributed by atoms with Crippen LogP contribution in [0.3, 0.4) is 0 Å². The van der Waals surface area contributed by atoms with Crippen LogP contribution in [-0.4, -0.2) is 110 Å². The lowest BCUT2D eigenvalue weighted by molar-refractivity contribution is -0.883. The molecule has 0 aromatic carbocycles. The average Bonchev–Trinajstić information content (AvgIpc) is 2.46. The molecular weight excluding hydrogens is 326 g/mol. The molecule has 0 spiro atoms. The molecule has 1 aliphatic rings. The van der Waals surface area contributed by atoms with E-state index in [1.807, 2.05) is 0 Å². The molecule has 0 aromatic heterocycles. The van der Waals surface area contributed by atoms with Gasteiger partial charge in [0, 0.05) is 14.2 Å². The number of methoxy groups -OCH3 is 2. The van der Waals surface area contributed by atoms with Crippen molar-refractivity contribution in [1.29, 1.82) is 0 Å². The number of hydrogen-bond acceptors (Lipinski definition) is 7. The van der Waals surface area contributed by atoms with Crippen molar-refractivity contribution in [3.05, 3.63) is 0 Å². The van der Waals surface area contributed by atoms with Crippen molar-refractivity contribution in [3.63, 3.8) is 0 Å². The maximum atomic E-state index is 11.2.